The molecule has 74 valence electrons. The summed E-state index contributed by atoms with van der Waals surface area (Å²) < 4.78 is 0.819. The minimum absolute atomic E-state index is 0.473. The molecule has 1 rings (SSSR count). The minimum Gasteiger partial charge on any atom is -0.411 e. The third-order valence-electron chi connectivity index (χ3n) is 1.62. The standard InChI is InChI=1S/C9H9BrN2O2/c1-6-3-2-4-7(9(6)10)12-8(13)5-11-14/h2-5,14H,1H3,(H,12,13)/b11-5-. The quantitative estimate of drug-likeness (QED) is 0.484. The van der Waals surface area contributed by atoms with Crippen LogP contribution in [0, 0.1) is 6.92 Å². The summed E-state index contributed by atoms with van der Waals surface area (Å²) in [7, 11) is 0. The molecule has 0 aliphatic rings. The lowest BCUT2D eigenvalue weighted by Gasteiger charge is -2.06. The number of hydrogen-bond acceptors (Lipinski definition) is 3. The third kappa shape index (κ3) is 2.56. The molecular formula is C9H9BrN2O2. The van der Waals surface area contributed by atoms with Crippen molar-refractivity contribution in [1.82, 2.24) is 0 Å². The normalized spacial score (nSPS) is 10.4. The molecule has 0 unspecified atom stereocenters. The Bertz CT molecular complexity index is 377. The van der Waals surface area contributed by atoms with E-state index < -0.39 is 5.91 Å². The predicted octanol–water partition coefficient (Wildman–Crippen LogP) is 2.16. The van der Waals surface area contributed by atoms with Gasteiger partial charge >= 0.3 is 0 Å². The molecule has 0 heterocycles. The van der Waals surface area contributed by atoms with Crippen molar-refractivity contribution in [2.45, 2.75) is 6.92 Å². The smallest absolute Gasteiger partial charge is 0.270 e. The molecule has 0 radical (unpaired) electrons. The van der Waals surface area contributed by atoms with E-state index in [2.05, 4.69) is 26.4 Å². The van der Waals surface area contributed by atoms with Crippen molar-refractivity contribution < 1.29 is 10.0 Å². The van der Waals surface area contributed by atoms with Crippen molar-refractivity contribution in [2.24, 2.45) is 5.16 Å². The van der Waals surface area contributed by atoms with Gasteiger partial charge in [0.05, 0.1) is 5.69 Å². The molecule has 14 heavy (non-hydrogen) atoms. The van der Waals surface area contributed by atoms with E-state index in [1.54, 1.807) is 6.07 Å². The number of rotatable bonds is 2. The second-order valence-electron chi connectivity index (χ2n) is 2.67. The number of carbonyl (C=O) groups is 1. The third-order valence-corrected chi connectivity index (χ3v) is 2.68. The van der Waals surface area contributed by atoms with Gasteiger partial charge in [0.1, 0.15) is 6.21 Å². The van der Waals surface area contributed by atoms with Crippen LogP contribution in [0.25, 0.3) is 0 Å². The highest BCUT2D eigenvalue weighted by atomic mass is 79.9. The summed E-state index contributed by atoms with van der Waals surface area (Å²) >= 11 is 3.34. The van der Waals surface area contributed by atoms with E-state index in [0.29, 0.717) is 5.69 Å². The molecule has 0 bridgehead atoms. The van der Waals surface area contributed by atoms with Crippen LogP contribution in [-0.4, -0.2) is 17.3 Å². The SMILES string of the molecule is Cc1cccc(NC(=O)/C=N\O)c1Br. The molecule has 1 aromatic carbocycles. The van der Waals surface area contributed by atoms with Crippen LogP contribution in [-0.2, 0) is 4.79 Å². The van der Waals surface area contributed by atoms with Crippen molar-refractivity contribution in [3.05, 3.63) is 28.2 Å². The molecule has 0 spiro atoms. The number of hydrogen-bond donors (Lipinski definition) is 2. The Morgan fingerprint density at radius 2 is 2.36 bits per heavy atom. The van der Waals surface area contributed by atoms with Crippen molar-refractivity contribution in [1.29, 1.82) is 0 Å². The fraction of sp³-hybridized carbons (Fsp3) is 0.111. The van der Waals surface area contributed by atoms with Gasteiger partial charge in [-0.05, 0) is 34.5 Å². The van der Waals surface area contributed by atoms with Crippen LogP contribution in [0.2, 0.25) is 0 Å². The summed E-state index contributed by atoms with van der Waals surface area (Å²) in [5.74, 6) is -0.473. The number of amides is 1. The second-order valence-corrected chi connectivity index (χ2v) is 3.46. The van der Waals surface area contributed by atoms with Crippen LogP contribution in [0.1, 0.15) is 5.56 Å². The first-order chi connectivity index (χ1) is 6.65. The number of benzene rings is 1. The van der Waals surface area contributed by atoms with Crippen molar-refractivity contribution in [2.75, 3.05) is 5.32 Å². The number of nitrogens with zero attached hydrogens (tertiary/aromatic N) is 1. The van der Waals surface area contributed by atoms with Crippen molar-refractivity contribution >= 4 is 33.7 Å². The van der Waals surface area contributed by atoms with E-state index >= 15 is 0 Å². The maximum Gasteiger partial charge on any atom is 0.270 e. The van der Waals surface area contributed by atoms with Crippen LogP contribution >= 0.6 is 15.9 Å². The molecule has 2 N–H and O–H groups in total. The van der Waals surface area contributed by atoms with Gasteiger partial charge in [-0.2, -0.15) is 0 Å². The van der Waals surface area contributed by atoms with Gasteiger partial charge in [0.2, 0.25) is 0 Å². The number of nitrogens with one attached hydrogen (secondary N) is 1. The highest BCUT2D eigenvalue weighted by Gasteiger charge is 2.04. The Labute approximate surface area is 89.7 Å². The van der Waals surface area contributed by atoms with Crippen LogP contribution in [0.15, 0.2) is 27.8 Å². The highest BCUT2D eigenvalue weighted by Crippen LogP contribution is 2.25. The highest BCUT2D eigenvalue weighted by molar-refractivity contribution is 9.10. The molecule has 0 aliphatic carbocycles. The molecule has 5 heteroatoms. The van der Waals surface area contributed by atoms with Gasteiger partial charge in [0, 0.05) is 4.47 Å². The summed E-state index contributed by atoms with van der Waals surface area (Å²) in [5, 5.41) is 13.3. The maximum absolute atomic E-state index is 11.0. The number of anilines is 1. The molecule has 0 fully saturated rings. The van der Waals surface area contributed by atoms with Crippen molar-refractivity contribution in [3.63, 3.8) is 0 Å². The average Bonchev–Trinajstić information content (AvgIpc) is 2.13. The van der Waals surface area contributed by atoms with E-state index in [9.17, 15) is 4.79 Å². The van der Waals surface area contributed by atoms with Crippen LogP contribution in [0.4, 0.5) is 5.69 Å². The van der Waals surface area contributed by atoms with Crippen LogP contribution in [0.5, 0.6) is 0 Å². The van der Waals surface area contributed by atoms with Crippen molar-refractivity contribution in [3.8, 4) is 0 Å². The van der Waals surface area contributed by atoms with Gasteiger partial charge in [0.25, 0.3) is 5.91 Å². The fourth-order valence-electron chi connectivity index (χ4n) is 0.961. The number of oxime groups is 1. The second kappa shape index (κ2) is 4.76. The largest absolute Gasteiger partial charge is 0.411 e. The molecule has 1 aromatic rings. The first-order valence-corrected chi connectivity index (χ1v) is 4.68. The Balaban J connectivity index is 2.87. The lowest BCUT2D eigenvalue weighted by Crippen LogP contribution is -2.13. The first kappa shape index (κ1) is 10.7. The van der Waals surface area contributed by atoms with Gasteiger partial charge in [-0.1, -0.05) is 17.3 Å². The zero-order valence-electron chi connectivity index (χ0n) is 7.49. The maximum atomic E-state index is 11.0. The van der Waals surface area contributed by atoms with Gasteiger partial charge in [0.15, 0.2) is 0 Å². The predicted molar refractivity (Wildman–Crippen MR) is 57.8 cm³/mol. The number of halogens is 1. The van der Waals surface area contributed by atoms with Gasteiger partial charge < -0.3 is 10.5 Å². The molecule has 1 amide bonds. The first-order valence-electron chi connectivity index (χ1n) is 3.88. The van der Waals surface area contributed by atoms with E-state index in [1.807, 2.05) is 19.1 Å². The average molecular weight is 257 g/mol. The lowest BCUT2D eigenvalue weighted by molar-refractivity contribution is -0.110. The Morgan fingerprint density at radius 3 is 3.00 bits per heavy atom. The summed E-state index contributed by atoms with van der Waals surface area (Å²) in [6, 6.07) is 5.49. The van der Waals surface area contributed by atoms with Crippen LogP contribution < -0.4 is 5.32 Å². The summed E-state index contributed by atoms with van der Waals surface area (Å²) in [6.07, 6.45) is 0.800. The van der Waals surface area contributed by atoms with Gasteiger partial charge in [-0.3, -0.25) is 4.79 Å². The minimum atomic E-state index is -0.473. The monoisotopic (exact) mass is 256 g/mol. The van der Waals surface area contributed by atoms with E-state index in [1.165, 1.54) is 0 Å². The number of aryl methyl sites for hydroxylation is 1. The summed E-state index contributed by atoms with van der Waals surface area (Å²) in [4.78, 5) is 11.0. The molecule has 0 aromatic heterocycles. The Kier molecular flexibility index (Phi) is 3.64. The molecule has 0 aliphatic heterocycles. The van der Waals surface area contributed by atoms with E-state index in [-0.39, 0.29) is 0 Å². The van der Waals surface area contributed by atoms with Gasteiger partial charge in [-0.15, -0.1) is 0 Å². The van der Waals surface area contributed by atoms with E-state index in [0.717, 1.165) is 16.3 Å². The van der Waals surface area contributed by atoms with E-state index in [4.69, 9.17) is 5.21 Å². The van der Waals surface area contributed by atoms with Gasteiger partial charge in [-0.25, -0.2) is 0 Å². The Morgan fingerprint density at radius 1 is 1.64 bits per heavy atom. The zero-order valence-corrected chi connectivity index (χ0v) is 9.08. The summed E-state index contributed by atoms with van der Waals surface area (Å²) in [5.41, 5.74) is 1.67. The lowest BCUT2D eigenvalue weighted by atomic mass is 10.2. The number of carbonyl (C=O) groups excluding carboxylic acids is 1. The fourth-order valence-corrected chi connectivity index (χ4v) is 1.32. The molecule has 0 saturated carbocycles. The molecular weight excluding hydrogens is 248 g/mol. The molecule has 0 atom stereocenters. The molecule has 4 nitrogen and oxygen atoms in total. The molecule has 0 saturated heterocycles. The van der Waals surface area contributed by atoms with Crippen LogP contribution in [0.3, 0.4) is 0 Å². The Hall–Kier alpha value is -1.36. The zero-order chi connectivity index (χ0) is 10.6. The topological polar surface area (TPSA) is 61.7 Å². The summed E-state index contributed by atoms with van der Waals surface area (Å²) in [6.45, 7) is 1.92.